The van der Waals surface area contributed by atoms with E-state index in [4.69, 9.17) is 9.40 Å². The third kappa shape index (κ3) is 4.36. The third-order valence-electron chi connectivity index (χ3n) is 5.90. The molecule has 152 valence electrons. The van der Waals surface area contributed by atoms with E-state index in [1.165, 1.54) is 11.1 Å². The molecule has 2 aromatic carbocycles. The number of carbonyl (C=O) groups is 1. The molecule has 29 heavy (non-hydrogen) atoms. The maximum atomic E-state index is 11.8. The number of oxazole rings is 1. The Hall–Kier alpha value is -2.62. The van der Waals surface area contributed by atoms with E-state index >= 15 is 0 Å². The Labute approximate surface area is 172 Å². The number of benzene rings is 2. The fourth-order valence-electron chi connectivity index (χ4n) is 4.25. The maximum Gasteiger partial charge on any atom is 0.219 e. The number of nitrogens with one attached hydrogen (secondary N) is 1. The molecule has 0 aliphatic heterocycles. The number of amides is 1. The van der Waals surface area contributed by atoms with Crippen molar-refractivity contribution in [3.8, 4) is 0 Å². The summed E-state index contributed by atoms with van der Waals surface area (Å²) in [7, 11) is 0. The topological polar surface area (TPSA) is 55.1 Å². The Kier molecular flexibility index (Phi) is 5.98. The first-order valence-electron chi connectivity index (χ1n) is 10.9. The van der Waals surface area contributed by atoms with Crippen LogP contribution in [0.25, 0.3) is 11.1 Å². The normalized spacial score (nSPS) is 19.2. The van der Waals surface area contributed by atoms with Crippen molar-refractivity contribution in [2.24, 2.45) is 5.92 Å². The number of para-hydroxylation sites is 1. The molecule has 1 N–H and O–H groups in total. The van der Waals surface area contributed by atoms with Crippen LogP contribution >= 0.6 is 0 Å². The Morgan fingerprint density at radius 1 is 1.14 bits per heavy atom. The molecular weight excluding hydrogens is 360 g/mol. The lowest BCUT2D eigenvalue weighted by molar-refractivity contribution is -0.121. The van der Waals surface area contributed by atoms with Crippen LogP contribution in [0.2, 0.25) is 0 Å². The van der Waals surface area contributed by atoms with Crippen LogP contribution in [0.15, 0.2) is 52.9 Å². The summed E-state index contributed by atoms with van der Waals surface area (Å²) in [5.74, 6) is 2.10. The second kappa shape index (κ2) is 8.81. The van der Waals surface area contributed by atoms with Gasteiger partial charge < -0.3 is 9.73 Å². The second-order valence-electron chi connectivity index (χ2n) is 8.16. The molecule has 0 bridgehead atoms. The maximum absolute atomic E-state index is 11.8. The minimum atomic E-state index is 0.156. The van der Waals surface area contributed by atoms with Gasteiger partial charge in [0.05, 0.1) is 5.92 Å². The van der Waals surface area contributed by atoms with Crippen molar-refractivity contribution in [1.29, 1.82) is 0 Å². The first-order valence-corrected chi connectivity index (χ1v) is 10.9. The van der Waals surface area contributed by atoms with E-state index in [1.54, 1.807) is 0 Å². The summed E-state index contributed by atoms with van der Waals surface area (Å²) >= 11 is 0. The SMILES string of the molecule is CCCC(=O)NC[C@@H]1C[C@H]1c1cccc2nc([C@H](CCC)c3ccccc3)oc12. The van der Waals surface area contributed by atoms with Crippen LogP contribution in [0.4, 0.5) is 0 Å². The lowest BCUT2D eigenvalue weighted by atomic mass is 9.94. The Morgan fingerprint density at radius 2 is 1.97 bits per heavy atom. The Balaban J connectivity index is 1.55. The molecule has 1 aliphatic carbocycles. The number of hydrogen-bond donors (Lipinski definition) is 1. The van der Waals surface area contributed by atoms with Crippen molar-refractivity contribution in [3.63, 3.8) is 0 Å². The van der Waals surface area contributed by atoms with Crippen LogP contribution in [-0.4, -0.2) is 17.4 Å². The summed E-state index contributed by atoms with van der Waals surface area (Å²) in [6.45, 7) is 4.98. The molecule has 1 aromatic heterocycles. The molecule has 1 fully saturated rings. The number of rotatable bonds is 9. The molecule has 3 aromatic rings. The first kappa shape index (κ1) is 19.7. The summed E-state index contributed by atoms with van der Waals surface area (Å²) in [5.41, 5.74) is 4.35. The van der Waals surface area contributed by atoms with Crippen LogP contribution in [0.1, 0.15) is 74.8 Å². The molecular formula is C25H30N2O2. The predicted molar refractivity (Wildman–Crippen MR) is 116 cm³/mol. The molecule has 1 aliphatic rings. The van der Waals surface area contributed by atoms with Crippen molar-refractivity contribution in [3.05, 3.63) is 65.5 Å². The molecule has 0 radical (unpaired) electrons. The zero-order valence-electron chi connectivity index (χ0n) is 17.4. The van der Waals surface area contributed by atoms with Gasteiger partial charge in [0.2, 0.25) is 11.8 Å². The average Bonchev–Trinajstić information content (AvgIpc) is 3.38. The summed E-state index contributed by atoms with van der Waals surface area (Å²) in [6, 6.07) is 16.8. The second-order valence-corrected chi connectivity index (χ2v) is 8.16. The molecule has 4 heteroatoms. The van der Waals surface area contributed by atoms with Gasteiger partial charge in [0.15, 0.2) is 5.58 Å². The van der Waals surface area contributed by atoms with Crippen molar-refractivity contribution in [1.82, 2.24) is 10.3 Å². The smallest absolute Gasteiger partial charge is 0.219 e. The summed E-state index contributed by atoms with van der Waals surface area (Å²) in [6.07, 6.45) is 4.69. The fourth-order valence-corrected chi connectivity index (χ4v) is 4.25. The van der Waals surface area contributed by atoms with Crippen molar-refractivity contribution in [2.45, 2.75) is 57.8 Å². The molecule has 0 unspecified atom stereocenters. The van der Waals surface area contributed by atoms with Gasteiger partial charge in [0.1, 0.15) is 5.52 Å². The highest BCUT2D eigenvalue weighted by atomic mass is 16.3. The predicted octanol–water partition coefficient (Wildman–Crippen LogP) is 5.78. The molecule has 1 heterocycles. The summed E-state index contributed by atoms with van der Waals surface area (Å²) in [5, 5.41) is 3.07. The number of fused-ring (bicyclic) bond motifs is 1. The van der Waals surface area contributed by atoms with Crippen LogP contribution in [0, 0.1) is 5.92 Å². The molecule has 0 saturated heterocycles. The fraction of sp³-hybridized carbons (Fsp3) is 0.440. The number of hydrogen-bond acceptors (Lipinski definition) is 3. The van der Waals surface area contributed by atoms with E-state index in [0.717, 1.165) is 49.2 Å². The van der Waals surface area contributed by atoms with Crippen molar-refractivity contribution >= 4 is 17.0 Å². The van der Waals surface area contributed by atoms with Gasteiger partial charge in [0.25, 0.3) is 0 Å². The van der Waals surface area contributed by atoms with E-state index in [-0.39, 0.29) is 11.8 Å². The van der Waals surface area contributed by atoms with E-state index in [9.17, 15) is 4.79 Å². The minimum Gasteiger partial charge on any atom is -0.440 e. The van der Waals surface area contributed by atoms with Gasteiger partial charge in [-0.2, -0.15) is 0 Å². The van der Waals surface area contributed by atoms with Gasteiger partial charge in [-0.15, -0.1) is 0 Å². The quantitative estimate of drug-likeness (QED) is 0.504. The van der Waals surface area contributed by atoms with Crippen molar-refractivity contribution in [2.75, 3.05) is 6.54 Å². The lowest BCUT2D eigenvalue weighted by Crippen LogP contribution is -2.25. The highest BCUT2D eigenvalue weighted by molar-refractivity contribution is 5.78. The van der Waals surface area contributed by atoms with E-state index in [2.05, 4.69) is 48.6 Å². The van der Waals surface area contributed by atoms with Gasteiger partial charge in [-0.3, -0.25) is 4.79 Å². The van der Waals surface area contributed by atoms with E-state index in [1.807, 2.05) is 19.1 Å². The highest BCUT2D eigenvalue weighted by Crippen LogP contribution is 2.49. The standard InChI is InChI=1S/C25H30N2O2/c1-3-9-19(17-11-6-5-7-12-17)25-27-22-14-8-13-20(24(22)29-25)21-15-18(21)16-26-23(28)10-4-2/h5-8,11-14,18-19,21H,3-4,9-10,15-16H2,1-2H3,(H,26,28)/t18-,19+,21+/m0/s1. The Morgan fingerprint density at radius 3 is 2.72 bits per heavy atom. The minimum absolute atomic E-state index is 0.156. The molecule has 0 spiro atoms. The van der Waals surface area contributed by atoms with Gasteiger partial charge in [-0.1, -0.05) is 62.7 Å². The largest absolute Gasteiger partial charge is 0.440 e. The monoisotopic (exact) mass is 390 g/mol. The molecule has 4 nitrogen and oxygen atoms in total. The van der Waals surface area contributed by atoms with E-state index < -0.39 is 0 Å². The molecule has 3 atom stereocenters. The highest BCUT2D eigenvalue weighted by Gasteiger charge is 2.40. The number of nitrogens with zero attached hydrogens (tertiary/aromatic N) is 1. The first-order chi connectivity index (χ1) is 14.2. The van der Waals surface area contributed by atoms with Crippen LogP contribution in [0.5, 0.6) is 0 Å². The van der Waals surface area contributed by atoms with E-state index in [0.29, 0.717) is 18.3 Å². The molecule has 1 saturated carbocycles. The zero-order chi connectivity index (χ0) is 20.2. The summed E-state index contributed by atoms with van der Waals surface area (Å²) < 4.78 is 6.38. The third-order valence-corrected chi connectivity index (χ3v) is 5.90. The Bertz CT molecular complexity index is 963. The van der Waals surface area contributed by atoms with Crippen LogP contribution in [0.3, 0.4) is 0 Å². The van der Waals surface area contributed by atoms with Crippen LogP contribution in [-0.2, 0) is 4.79 Å². The summed E-state index contributed by atoms with van der Waals surface area (Å²) in [4.78, 5) is 16.6. The zero-order valence-corrected chi connectivity index (χ0v) is 17.4. The lowest BCUT2D eigenvalue weighted by Gasteiger charge is -2.12. The van der Waals surface area contributed by atoms with Crippen LogP contribution < -0.4 is 5.32 Å². The van der Waals surface area contributed by atoms with Gasteiger partial charge >= 0.3 is 0 Å². The molecule has 1 amide bonds. The van der Waals surface area contributed by atoms with Gasteiger partial charge in [-0.25, -0.2) is 4.98 Å². The van der Waals surface area contributed by atoms with Gasteiger partial charge in [-0.05, 0) is 42.7 Å². The number of carbonyl (C=O) groups excluding carboxylic acids is 1. The van der Waals surface area contributed by atoms with Crippen molar-refractivity contribution < 1.29 is 9.21 Å². The van der Waals surface area contributed by atoms with Gasteiger partial charge in [0, 0.05) is 18.5 Å². The molecule has 4 rings (SSSR count). The number of aromatic nitrogens is 1. The average molecular weight is 391 g/mol.